The van der Waals surface area contributed by atoms with Crippen LogP contribution in [0.4, 0.5) is 0 Å². The third-order valence-corrected chi connectivity index (χ3v) is 9.92. The predicted octanol–water partition coefficient (Wildman–Crippen LogP) is 7.19. The molecule has 0 aliphatic heterocycles. The lowest BCUT2D eigenvalue weighted by atomic mass is 10.0. The Labute approximate surface area is 160 Å². The van der Waals surface area contributed by atoms with Gasteiger partial charge in [-0.1, -0.05) is 98.0 Å². The van der Waals surface area contributed by atoms with Gasteiger partial charge in [-0.25, -0.2) is 0 Å². The first-order chi connectivity index (χ1) is 13.1. The first-order valence-electron chi connectivity index (χ1n) is 9.63. The number of rotatable bonds is 2. The van der Waals surface area contributed by atoms with Crippen molar-refractivity contribution in [2.75, 3.05) is 0 Å². The van der Waals surface area contributed by atoms with Gasteiger partial charge in [-0.15, -0.1) is 0 Å². The van der Waals surface area contributed by atoms with E-state index in [0.717, 1.165) is 0 Å². The van der Waals surface area contributed by atoms with Crippen LogP contribution >= 0.6 is 0 Å². The second-order valence-corrected chi connectivity index (χ2v) is 12.6. The van der Waals surface area contributed by atoms with Crippen molar-refractivity contribution in [3.8, 4) is 0 Å². The van der Waals surface area contributed by atoms with Crippen molar-refractivity contribution < 1.29 is 0 Å². The minimum atomic E-state index is -1.86. The lowest BCUT2D eigenvalue weighted by Crippen LogP contribution is -2.29. The summed E-state index contributed by atoms with van der Waals surface area (Å²) in [6, 6.07) is 26.9. The zero-order valence-electron chi connectivity index (χ0n) is 15.6. The van der Waals surface area contributed by atoms with Crippen molar-refractivity contribution in [1.82, 2.24) is 0 Å². The Kier molecular flexibility index (Phi) is 2.86. The van der Waals surface area contributed by atoms with E-state index in [1.807, 2.05) is 0 Å². The van der Waals surface area contributed by atoms with Gasteiger partial charge in [0, 0.05) is 0 Å². The van der Waals surface area contributed by atoms with Crippen molar-refractivity contribution in [3.05, 3.63) is 95.1 Å². The highest BCUT2D eigenvalue weighted by Gasteiger charge is 2.37. The largest absolute Gasteiger partial charge is 0.113 e. The Morgan fingerprint density at radius 3 is 1.37 bits per heavy atom. The summed E-state index contributed by atoms with van der Waals surface area (Å²) >= 11 is 0. The highest BCUT2D eigenvalue weighted by atomic mass is 28.3. The zero-order chi connectivity index (χ0) is 18.2. The number of benzene rings is 4. The summed E-state index contributed by atoms with van der Waals surface area (Å²) in [5, 5.41) is 8.70. The first kappa shape index (κ1) is 15.2. The normalized spacial score (nSPS) is 14.7. The fourth-order valence-electron chi connectivity index (χ4n) is 5.08. The summed E-state index contributed by atoms with van der Waals surface area (Å²) < 4.78 is 0. The molecular formula is C26H20Si. The number of hydrogen-bond acceptors (Lipinski definition) is 0. The molecule has 0 atom stereocenters. The molecule has 0 saturated carbocycles. The van der Waals surface area contributed by atoms with E-state index in [1.165, 1.54) is 43.8 Å². The summed E-state index contributed by atoms with van der Waals surface area (Å²) in [6.45, 7) is 5.03. The Hall–Kier alpha value is -2.90. The molecule has 6 rings (SSSR count). The molecule has 0 amide bonds. The van der Waals surface area contributed by atoms with E-state index in [9.17, 15) is 0 Å². The lowest BCUT2D eigenvalue weighted by Gasteiger charge is -2.28. The zero-order valence-corrected chi connectivity index (χ0v) is 16.6. The van der Waals surface area contributed by atoms with E-state index in [2.05, 4.69) is 98.0 Å². The Balaban J connectivity index is 1.59. The molecule has 4 aromatic rings. The van der Waals surface area contributed by atoms with Gasteiger partial charge in [0.15, 0.2) is 0 Å². The smallest absolute Gasteiger partial charge is 0.0616 e. The van der Waals surface area contributed by atoms with Crippen molar-refractivity contribution in [1.29, 1.82) is 0 Å². The molecule has 128 valence electrons. The quantitative estimate of drug-likeness (QED) is 0.332. The van der Waals surface area contributed by atoms with E-state index >= 15 is 0 Å². The molecule has 2 aliphatic rings. The summed E-state index contributed by atoms with van der Waals surface area (Å²) in [5.74, 6) is 0. The van der Waals surface area contributed by atoms with E-state index in [0.29, 0.717) is 0 Å². The van der Waals surface area contributed by atoms with Gasteiger partial charge in [0.1, 0.15) is 8.07 Å². The van der Waals surface area contributed by atoms with E-state index in [4.69, 9.17) is 0 Å². The maximum atomic E-state index is 2.51. The highest BCUT2D eigenvalue weighted by molar-refractivity contribution is 7.10. The van der Waals surface area contributed by atoms with Gasteiger partial charge in [0.2, 0.25) is 0 Å². The van der Waals surface area contributed by atoms with Crippen LogP contribution < -0.4 is 0 Å². The van der Waals surface area contributed by atoms with Crippen LogP contribution in [0.15, 0.2) is 72.8 Å². The molecule has 0 heterocycles. The SMILES string of the molecule is C[Si](C)(C1=Cc2cccc3cccc1c23)C1=Cc2cccc3cccc1c23. The van der Waals surface area contributed by atoms with Crippen molar-refractivity contribution >= 4 is 52.2 Å². The van der Waals surface area contributed by atoms with Gasteiger partial charge in [0.25, 0.3) is 0 Å². The van der Waals surface area contributed by atoms with Crippen LogP contribution in [0.2, 0.25) is 13.1 Å². The summed E-state index contributed by atoms with van der Waals surface area (Å²) in [7, 11) is -1.86. The maximum Gasteiger partial charge on any atom is 0.113 e. The third kappa shape index (κ3) is 1.92. The van der Waals surface area contributed by atoms with Crippen LogP contribution in [0.25, 0.3) is 44.1 Å². The number of hydrogen-bond donors (Lipinski definition) is 0. The molecule has 0 bridgehead atoms. The van der Waals surface area contributed by atoms with Gasteiger partial charge in [-0.3, -0.25) is 0 Å². The second kappa shape index (κ2) is 5.08. The van der Waals surface area contributed by atoms with E-state index in [-0.39, 0.29) is 0 Å². The molecule has 0 saturated heterocycles. The second-order valence-electron chi connectivity index (χ2n) is 8.24. The standard InChI is InChI=1S/C26H20Si/c1-27(2,23-15-19-11-3-7-17-9-5-13-21(23)25(17)19)24-16-20-12-4-8-18-10-6-14-22(24)26(18)20/h3-16H,1-2H3. The molecule has 0 unspecified atom stereocenters. The van der Waals surface area contributed by atoms with Crippen LogP contribution in [0.1, 0.15) is 22.3 Å². The fraction of sp³-hybridized carbons (Fsp3) is 0.0769. The van der Waals surface area contributed by atoms with E-state index < -0.39 is 8.07 Å². The predicted molar refractivity (Wildman–Crippen MR) is 121 cm³/mol. The van der Waals surface area contributed by atoms with Crippen molar-refractivity contribution in [2.45, 2.75) is 13.1 Å². The molecule has 1 heteroatoms. The Bertz CT molecular complexity index is 1220. The maximum absolute atomic E-state index is 2.51. The van der Waals surface area contributed by atoms with Crippen LogP contribution in [0.3, 0.4) is 0 Å². The topological polar surface area (TPSA) is 0 Å². The molecule has 4 aromatic carbocycles. The van der Waals surface area contributed by atoms with Gasteiger partial charge < -0.3 is 0 Å². The molecule has 2 aliphatic carbocycles. The highest BCUT2D eigenvalue weighted by Crippen LogP contribution is 2.49. The lowest BCUT2D eigenvalue weighted by molar-refractivity contribution is 1.69. The Morgan fingerprint density at radius 1 is 0.519 bits per heavy atom. The van der Waals surface area contributed by atoms with Gasteiger partial charge in [-0.2, -0.15) is 0 Å². The van der Waals surface area contributed by atoms with Crippen molar-refractivity contribution in [3.63, 3.8) is 0 Å². The fourth-order valence-corrected chi connectivity index (χ4v) is 8.16. The molecular weight excluding hydrogens is 340 g/mol. The summed E-state index contributed by atoms with van der Waals surface area (Å²) in [6.07, 6.45) is 4.93. The van der Waals surface area contributed by atoms with E-state index in [1.54, 1.807) is 10.4 Å². The van der Waals surface area contributed by atoms with Crippen LogP contribution in [-0.4, -0.2) is 8.07 Å². The average Bonchev–Trinajstić information content (AvgIpc) is 3.26. The average molecular weight is 361 g/mol. The first-order valence-corrected chi connectivity index (χ1v) is 12.6. The minimum absolute atomic E-state index is 1.35. The summed E-state index contributed by atoms with van der Waals surface area (Å²) in [5.41, 5.74) is 5.66. The van der Waals surface area contributed by atoms with Crippen LogP contribution in [0.5, 0.6) is 0 Å². The molecule has 0 aromatic heterocycles. The van der Waals surface area contributed by atoms with Crippen LogP contribution in [0, 0.1) is 0 Å². The molecule has 0 N–H and O–H groups in total. The molecule has 27 heavy (non-hydrogen) atoms. The third-order valence-electron chi connectivity index (χ3n) is 6.40. The molecule has 0 nitrogen and oxygen atoms in total. The molecule has 0 radical (unpaired) electrons. The van der Waals surface area contributed by atoms with Crippen molar-refractivity contribution in [2.24, 2.45) is 0 Å². The monoisotopic (exact) mass is 360 g/mol. The molecule has 0 fully saturated rings. The van der Waals surface area contributed by atoms with Crippen LogP contribution in [-0.2, 0) is 0 Å². The van der Waals surface area contributed by atoms with Gasteiger partial charge in [0.05, 0.1) is 0 Å². The molecule has 0 spiro atoms. The Morgan fingerprint density at radius 2 is 0.926 bits per heavy atom. The van der Waals surface area contributed by atoms with Gasteiger partial charge >= 0.3 is 0 Å². The summed E-state index contributed by atoms with van der Waals surface area (Å²) in [4.78, 5) is 0. The minimum Gasteiger partial charge on any atom is -0.0616 e. The van der Waals surface area contributed by atoms with Gasteiger partial charge in [-0.05, 0) is 54.2 Å².